The van der Waals surface area contributed by atoms with E-state index in [2.05, 4.69) is 10.6 Å². The molecule has 25 heavy (non-hydrogen) atoms. The van der Waals surface area contributed by atoms with E-state index in [4.69, 9.17) is 14.7 Å². The number of amides is 2. The van der Waals surface area contributed by atoms with Crippen LogP contribution in [0.25, 0.3) is 0 Å². The van der Waals surface area contributed by atoms with Gasteiger partial charge in [0, 0.05) is 45.5 Å². The van der Waals surface area contributed by atoms with E-state index in [1.165, 1.54) is 6.20 Å². The monoisotopic (exact) mass is 352 g/mol. The molecule has 1 heterocycles. The van der Waals surface area contributed by atoms with Crippen LogP contribution < -0.4 is 10.6 Å². The quantitative estimate of drug-likeness (QED) is 0.230. The molecule has 0 aliphatic carbocycles. The van der Waals surface area contributed by atoms with Crippen LogP contribution in [0.2, 0.25) is 0 Å². The molecule has 0 aromatic carbocycles. The fourth-order valence-electron chi connectivity index (χ4n) is 2.45. The fourth-order valence-corrected chi connectivity index (χ4v) is 2.45. The largest absolute Gasteiger partial charge is 0.385 e. The molecule has 2 N–H and O–H groups in total. The lowest BCUT2D eigenvalue weighted by atomic mass is 10.3. The van der Waals surface area contributed by atoms with E-state index in [9.17, 15) is 9.59 Å². The molecule has 8 nitrogen and oxygen atoms in total. The van der Waals surface area contributed by atoms with Crippen LogP contribution in [0.15, 0.2) is 11.8 Å². The number of nitriles is 1. The number of ether oxygens (including phenoxy) is 2. The van der Waals surface area contributed by atoms with Gasteiger partial charge in [-0.1, -0.05) is 0 Å². The van der Waals surface area contributed by atoms with Crippen molar-refractivity contribution in [2.45, 2.75) is 39.4 Å². The Hall–Kier alpha value is -2.11. The third kappa shape index (κ3) is 8.01. The summed E-state index contributed by atoms with van der Waals surface area (Å²) >= 11 is 0. The second-order valence-corrected chi connectivity index (χ2v) is 5.51. The molecule has 8 heteroatoms. The standard InChI is InChI=1S/C17H28N4O4/c1-3-24-16(25-4-2)13-19-12-14(11-18)17(23)20-8-6-10-21-9-5-7-15(21)22/h12,16,19H,3-10,13H2,1-2H3,(H,20,23)/b14-12-. The van der Waals surface area contributed by atoms with Crippen LogP contribution in [-0.4, -0.2) is 62.4 Å². The summed E-state index contributed by atoms with van der Waals surface area (Å²) in [5, 5.41) is 14.7. The SMILES string of the molecule is CCOC(CN/C=C(/C#N)C(=O)NCCCN1CCCC1=O)OCC. The van der Waals surface area contributed by atoms with Gasteiger partial charge in [-0.15, -0.1) is 0 Å². The molecule has 0 saturated carbocycles. The highest BCUT2D eigenvalue weighted by Gasteiger charge is 2.19. The molecular formula is C17H28N4O4. The van der Waals surface area contributed by atoms with Gasteiger partial charge in [0.15, 0.2) is 6.29 Å². The highest BCUT2D eigenvalue weighted by atomic mass is 16.7. The number of carbonyl (C=O) groups is 2. The van der Waals surface area contributed by atoms with Crippen molar-refractivity contribution in [3.63, 3.8) is 0 Å². The van der Waals surface area contributed by atoms with Gasteiger partial charge in [-0.2, -0.15) is 5.26 Å². The first-order chi connectivity index (χ1) is 12.1. The number of hydrogen-bond acceptors (Lipinski definition) is 6. The third-order valence-electron chi connectivity index (χ3n) is 3.66. The van der Waals surface area contributed by atoms with Crippen LogP contribution in [0.4, 0.5) is 0 Å². The van der Waals surface area contributed by atoms with Gasteiger partial charge in [0.2, 0.25) is 5.91 Å². The molecule has 0 atom stereocenters. The van der Waals surface area contributed by atoms with Gasteiger partial charge in [0.25, 0.3) is 5.91 Å². The van der Waals surface area contributed by atoms with Crippen molar-refractivity contribution >= 4 is 11.8 Å². The minimum atomic E-state index is -0.438. The highest BCUT2D eigenvalue weighted by molar-refractivity contribution is 5.97. The van der Waals surface area contributed by atoms with Crippen LogP contribution in [0.1, 0.15) is 33.1 Å². The minimum Gasteiger partial charge on any atom is -0.385 e. The van der Waals surface area contributed by atoms with Gasteiger partial charge in [-0.3, -0.25) is 9.59 Å². The predicted octanol–water partition coefficient (Wildman–Crippen LogP) is 0.511. The van der Waals surface area contributed by atoms with Crippen molar-refractivity contribution in [2.24, 2.45) is 0 Å². The summed E-state index contributed by atoms with van der Waals surface area (Å²) in [6, 6.07) is 1.87. The molecule has 1 fully saturated rings. The van der Waals surface area contributed by atoms with Gasteiger partial charge in [0.1, 0.15) is 11.6 Å². The highest BCUT2D eigenvalue weighted by Crippen LogP contribution is 2.09. The number of likely N-dealkylation sites (tertiary alicyclic amines) is 1. The molecule has 0 aromatic heterocycles. The zero-order chi connectivity index (χ0) is 18.5. The van der Waals surface area contributed by atoms with Crippen LogP contribution in [-0.2, 0) is 19.1 Å². The molecule has 0 unspecified atom stereocenters. The molecule has 0 aromatic rings. The molecule has 2 amide bonds. The predicted molar refractivity (Wildman–Crippen MR) is 92.2 cm³/mol. The van der Waals surface area contributed by atoms with Crippen molar-refractivity contribution in [3.8, 4) is 6.07 Å². The number of nitrogens with zero attached hydrogens (tertiary/aromatic N) is 2. The summed E-state index contributed by atoms with van der Waals surface area (Å²) in [5.41, 5.74) is -0.0102. The van der Waals surface area contributed by atoms with E-state index in [0.29, 0.717) is 45.7 Å². The van der Waals surface area contributed by atoms with Gasteiger partial charge in [0.05, 0.1) is 6.54 Å². The third-order valence-corrected chi connectivity index (χ3v) is 3.66. The van der Waals surface area contributed by atoms with E-state index < -0.39 is 12.2 Å². The average molecular weight is 352 g/mol. The molecule has 140 valence electrons. The van der Waals surface area contributed by atoms with Gasteiger partial charge >= 0.3 is 0 Å². The second kappa shape index (κ2) is 12.3. The molecule has 1 aliphatic rings. The lowest BCUT2D eigenvalue weighted by molar-refractivity contribution is -0.131. The molecule has 1 aliphatic heterocycles. The Kier molecular flexibility index (Phi) is 10.3. The van der Waals surface area contributed by atoms with Crippen LogP contribution in [0.5, 0.6) is 0 Å². The minimum absolute atomic E-state index is 0.0102. The van der Waals surface area contributed by atoms with Crippen LogP contribution in [0, 0.1) is 11.3 Å². The lowest BCUT2D eigenvalue weighted by Gasteiger charge is -2.16. The number of carbonyl (C=O) groups excluding carboxylic acids is 2. The van der Waals surface area contributed by atoms with Gasteiger partial charge in [-0.25, -0.2) is 0 Å². The Labute approximate surface area is 149 Å². The number of hydrogen-bond donors (Lipinski definition) is 2. The Balaban J connectivity index is 2.30. The molecule has 1 saturated heterocycles. The maximum atomic E-state index is 12.0. The number of rotatable bonds is 12. The summed E-state index contributed by atoms with van der Waals surface area (Å²) in [4.78, 5) is 25.3. The summed E-state index contributed by atoms with van der Waals surface area (Å²) in [6.45, 7) is 6.95. The van der Waals surface area contributed by atoms with E-state index in [1.54, 1.807) is 4.90 Å². The Bertz CT molecular complexity index is 495. The Morgan fingerprint density at radius 3 is 2.68 bits per heavy atom. The molecular weight excluding hydrogens is 324 g/mol. The first-order valence-electron chi connectivity index (χ1n) is 8.75. The summed E-state index contributed by atoms with van der Waals surface area (Å²) in [7, 11) is 0. The van der Waals surface area contributed by atoms with Crippen molar-refractivity contribution in [1.29, 1.82) is 5.26 Å². The van der Waals surface area contributed by atoms with Gasteiger partial charge < -0.3 is 25.0 Å². The average Bonchev–Trinajstić information content (AvgIpc) is 3.00. The van der Waals surface area contributed by atoms with E-state index in [0.717, 1.165) is 13.0 Å². The topological polar surface area (TPSA) is 104 Å². The van der Waals surface area contributed by atoms with Crippen molar-refractivity contribution < 1.29 is 19.1 Å². The van der Waals surface area contributed by atoms with Crippen molar-refractivity contribution in [1.82, 2.24) is 15.5 Å². The first kappa shape index (κ1) is 20.9. The summed E-state index contributed by atoms with van der Waals surface area (Å²) in [6.07, 6.45) is 3.13. The maximum Gasteiger partial charge on any atom is 0.263 e. The zero-order valence-electron chi connectivity index (χ0n) is 15.0. The smallest absolute Gasteiger partial charge is 0.263 e. The van der Waals surface area contributed by atoms with E-state index in [-0.39, 0.29) is 11.5 Å². The normalized spacial score (nSPS) is 14.7. The van der Waals surface area contributed by atoms with E-state index >= 15 is 0 Å². The fraction of sp³-hybridized carbons (Fsp3) is 0.706. The maximum absolute atomic E-state index is 12.0. The van der Waals surface area contributed by atoms with E-state index in [1.807, 2.05) is 19.9 Å². The van der Waals surface area contributed by atoms with Crippen LogP contribution in [0.3, 0.4) is 0 Å². The van der Waals surface area contributed by atoms with Crippen molar-refractivity contribution in [2.75, 3.05) is 39.4 Å². The Morgan fingerprint density at radius 2 is 2.12 bits per heavy atom. The van der Waals surface area contributed by atoms with Crippen LogP contribution >= 0.6 is 0 Å². The zero-order valence-corrected chi connectivity index (χ0v) is 15.0. The second-order valence-electron chi connectivity index (χ2n) is 5.51. The lowest BCUT2D eigenvalue weighted by Crippen LogP contribution is -2.32. The van der Waals surface area contributed by atoms with Crippen molar-refractivity contribution in [3.05, 3.63) is 11.8 Å². The van der Waals surface area contributed by atoms with Gasteiger partial charge in [-0.05, 0) is 26.7 Å². The molecule has 0 bridgehead atoms. The molecule has 0 radical (unpaired) electrons. The molecule has 1 rings (SSSR count). The number of nitrogens with one attached hydrogen (secondary N) is 2. The summed E-state index contributed by atoms with van der Waals surface area (Å²) < 4.78 is 10.7. The Morgan fingerprint density at radius 1 is 1.40 bits per heavy atom. The molecule has 0 spiro atoms. The first-order valence-corrected chi connectivity index (χ1v) is 8.75. The summed E-state index contributed by atoms with van der Waals surface area (Å²) in [5.74, 6) is -0.265.